The number of halogens is 1. The molecule has 1 fully saturated rings. The predicted octanol–water partition coefficient (Wildman–Crippen LogP) is 2.45. The molecule has 0 aromatic heterocycles. The highest BCUT2D eigenvalue weighted by molar-refractivity contribution is 6.25. The van der Waals surface area contributed by atoms with Crippen LogP contribution < -0.4 is 5.32 Å². The highest BCUT2D eigenvalue weighted by Gasteiger charge is 2.18. The first kappa shape index (κ1) is 13.0. The minimum absolute atomic E-state index is 0.600. The van der Waals surface area contributed by atoms with E-state index in [-0.39, 0.29) is 0 Å². The van der Waals surface area contributed by atoms with Crippen molar-refractivity contribution in [2.24, 2.45) is 5.92 Å². The number of nitrogens with zero attached hydrogens (tertiary/aromatic N) is 1. The molecule has 0 spiro atoms. The third-order valence-corrected chi connectivity index (χ3v) is 3.05. The number of hydrogen-bond donors (Lipinski definition) is 1. The van der Waals surface area contributed by atoms with E-state index in [1.807, 2.05) is 6.08 Å². The van der Waals surface area contributed by atoms with Gasteiger partial charge in [0.15, 0.2) is 0 Å². The Morgan fingerprint density at radius 2 is 2.33 bits per heavy atom. The van der Waals surface area contributed by atoms with Gasteiger partial charge in [-0.15, -0.1) is 0 Å². The van der Waals surface area contributed by atoms with E-state index in [1.165, 1.54) is 25.9 Å². The molecular weight excluding hydrogens is 208 g/mol. The first-order chi connectivity index (χ1) is 7.22. The monoisotopic (exact) mass is 230 g/mol. The van der Waals surface area contributed by atoms with E-state index in [4.69, 9.17) is 11.6 Å². The van der Waals surface area contributed by atoms with Gasteiger partial charge < -0.3 is 5.32 Å². The number of hydrogen-bond acceptors (Lipinski definition) is 2. The molecule has 0 saturated carbocycles. The summed E-state index contributed by atoms with van der Waals surface area (Å²) in [5.41, 5.74) is 1.62. The summed E-state index contributed by atoms with van der Waals surface area (Å²) in [5.74, 6) is 0.810. The molecule has 88 valence electrons. The maximum atomic E-state index is 5.54. The third-order valence-electron chi connectivity index (χ3n) is 2.87. The summed E-state index contributed by atoms with van der Waals surface area (Å²) in [7, 11) is 0. The second-order valence-electron chi connectivity index (χ2n) is 4.69. The lowest BCUT2D eigenvalue weighted by atomic mass is 9.98. The van der Waals surface area contributed by atoms with Gasteiger partial charge in [-0.25, -0.2) is 0 Å². The lowest BCUT2D eigenvalue weighted by molar-refractivity contribution is 0.186. The predicted molar refractivity (Wildman–Crippen MR) is 67.3 cm³/mol. The van der Waals surface area contributed by atoms with Crippen molar-refractivity contribution in [1.29, 1.82) is 0 Å². The Hall–Kier alpha value is -0.0500. The fraction of sp³-hybridized carbons (Fsp3) is 0.833. The van der Waals surface area contributed by atoms with Crippen molar-refractivity contribution in [3.05, 3.63) is 11.6 Å². The normalized spacial score (nSPS) is 24.1. The lowest BCUT2D eigenvalue weighted by Gasteiger charge is -2.32. The molecule has 1 heterocycles. The van der Waals surface area contributed by atoms with Gasteiger partial charge >= 0.3 is 0 Å². The van der Waals surface area contributed by atoms with E-state index in [9.17, 15) is 0 Å². The second-order valence-corrected chi connectivity index (χ2v) is 4.94. The summed E-state index contributed by atoms with van der Waals surface area (Å²) in [6.07, 6.45) is 4.71. The molecule has 1 saturated heterocycles. The fourth-order valence-corrected chi connectivity index (χ4v) is 2.15. The molecule has 0 aromatic carbocycles. The molecule has 1 atom stereocenters. The Balaban J connectivity index is 2.22. The molecule has 1 aliphatic rings. The molecule has 2 nitrogen and oxygen atoms in total. The van der Waals surface area contributed by atoms with Gasteiger partial charge in [-0.3, -0.25) is 4.90 Å². The Labute approximate surface area is 98.7 Å². The minimum atomic E-state index is 0.600. The molecule has 0 aromatic rings. The van der Waals surface area contributed by atoms with E-state index in [2.05, 4.69) is 24.1 Å². The van der Waals surface area contributed by atoms with Gasteiger partial charge in [-0.2, -0.15) is 0 Å². The third kappa shape index (κ3) is 5.55. The van der Waals surface area contributed by atoms with Crippen molar-refractivity contribution >= 4 is 11.6 Å². The van der Waals surface area contributed by atoms with Gasteiger partial charge in [0.1, 0.15) is 0 Å². The van der Waals surface area contributed by atoms with Crippen molar-refractivity contribution < 1.29 is 0 Å². The number of likely N-dealkylation sites (tertiary alicyclic amines) is 1. The molecule has 1 N–H and O–H groups in total. The Morgan fingerprint density at radius 1 is 1.53 bits per heavy atom. The molecule has 1 aliphatic heterocycles. The number of piperidine rings is 1. The van der Waals surface area contributed by atoms with E-state index in [0.29, 0.717) is 6.04 Å². The highest BCUT2D eigenvalue weighted by atomic mass is 35.5. The first-order valence-electron chi connectivity index (χ1n) is 5.93. The van der Waals surface area contributed by atoms with E-state index in [1.54, 1.807) is 5.54 Å². The molecule has 0 radical (unpaired) electrons. The fourth-order valence-electron chi connectivity index (χ4n) is 2.08. The molecule has 15 heavy (non-hydrogen) atoms. The van der Waals surface area contributed by atoms with Crippen LogP contribution in [0.1, 0.15) is 26.7 Å². The molecule has 0 bridgehead atoms. The van der Waals surface area contributed by atoms with Crippen LogP contribution in [0.25, 0.3) is 0 Å². The summed E-state index contributed by atoms with van der Waals surface area (Å²) in [6, 6.07) is 0.600. The van der Waals surface area contributed by atoms with Gasteiger partial charge in [0.05, 0.1) is 0 Å². The van der Waals surface area contributed by atoms with Crippen molar-refractivity contribution in [2.45, 2.75) is 32.7 Å². The van der Waals surface area contributed by atoms with Crippen molar-refractivity contribution in [2.75, 3.05) is 26.2 Å². The van der Waals surface area contributed by atoms with Crippen LogP contribution in [0.5, 0.6) is 0 Å². The van der Waals surface area contributed by atoms with E-state index in [0.717, 1.165) is 19.0 Å². The Kier molecular flexibility index (Phi) is 6.30. The highest BCUT2D eigenvalue weighted by Crippen LogP contribution is 2.15. The van der Waals surface area contributed by atoms with Crippen LogP contribution >= 0.6 is 11.6 Å². The van der Waals surface area contributed by atoms with Crippen molar-refractivity contribution in [3.8, 4) is 0 Å². The summed E-state index contributed by atoms with van der Waals surface area (Å²) in [5, 5.41) is 3.52. The summed E-state index contributed by atoms with van der Waals surface area (Å²) < 4.78 is 0. The molecule has 1 rings (SSSR count). The maximum Gasteiger partial charge on any atom is 0.0174 e. The van der Waals surface area contributed by atoms with Gasteiger partial charge in [-0.05, 0) is 31.8 Å². The average Bonchev–Trinajstić information content (AvgIpc) is 2.24. The van der Waals surface area contributed by atoms with Crippen LogP contribution in [0, 0.1) is 5.92 Å². The molecular formula is C12H23ClN2. The van der Waals surface area contributed by atoms with E-state index < -0.39 is 0 Å². The standard InChI is InChI=1S/C12H23ClN2/c1-11(2)14-9-12-5-3-7-15(10-12)8-4-6-13/h4,6,11-12,14H,3,5,7-10H2,1-2H3. The van der Waals surface area contributed by atoms with Crippen LogP contribution in [0.15, 0.2) is 11.6 Å². The SMILES string of the molecule is CC(C)NCC1CCCN(CC=CCl)C1. The Bertz CT molecular complexity index is 192. The summed E-state index contributed by atoms with van der Waals surface area (Å²) in [4.78, 5) is 2.48. The van der Waals surface area contributed by atoms with Gasteiger partial charge in [0.2, 0.25) is 0 Å². The zero-order chi connectivity index (χ0) is 11.1. The zero-order valence-corrected chi connectivity index (χ0v) is 10.6. The average molecular weight is 231 g/mol. The lowest BCUT2D eigenvalue weighted by Crippen LogP contribution is -2.40. The minimum Gasteiger partial charge on any atom is -0.314 e. The topological polar surface area (TPSA) is 15.3 Å². The molecule has 0 amide bonds. The molecule has 1 unspecified atom stereocenters. The van der Waals surface area contributed by atoms with Crippen molar-refractivity contribution in [3.63, 3.8) is 0 Å². The van der Waals surface area contributed by atoms with Gasteiger partial charge in [0.25, 0.3) is 0 Å². The van der Waals surface area contributed by atoms with Crippen LogP contribution in [-0.4, -0.2) is 37.1 Å². The molecule has 0 aliphatic carbocycles. The Morgan fingerprint density at radius 3 is 3.00 bits per heavy atom. The van der Waals surface area contributed by atoms with Crippen LogP contribution in [0.4, 0.5) is 0 Å². The van der Waals surface area contributed by atoms with E-state index >= 15 is 0 Å². The van der Waals surface area contributed by atoms with Crippen LogP contribution in [-0.2, 0) is 0 Å². The number of nitrogens with one attached hydrogen (secondary N) is 1. The van der Waals surface area contributed by atoms with Crippen LogP contribution in [0.3, 0.4) is 0 Å². The summed E-state index contributed by atoms with van der Waals surface area (Å²) >= 11 is 5.54. The molecule has 3 heteroatoms. The second kappa shape index (κ2) is 7.26. The first-order valence-corrected chi connectivity index (χ1v) is 6.37. The van der Waals surface area contributed by atoms with Gasteiger partial charge in [0, 0.05) is 24.7 Å². The maximum absolute atomic E-state index is 5.54. The summed E-state index contributed by atoms with van der Waals surface area (Å²) in [6.45, 7) is 8.99. The van der Waals surface area contributed by atoms with Crippen LogP contribution in [0.2, 0.25) is 0 Å². The number of rotatable bonds is 5. The quantitative estimate of drug-likeness (QED) is 0.781. The smallest absolute Gasteiger partial charge is 0.0174 e. The zero-order valence-electron chi connectivity index (χ0n) is 9.88. The van der Waals surface area contributed by atoms with Gasteiger partial charge in [-0.1, -0.05) is 31.5 Å². The largest absolute Gasteiger partial charge is 0.314 e. The van der Waals surface area contributed by atoms with Crippen molar-refractivity contribution in [1.82, 2.24) is 10.2 Å².